The van der Waals surface area contributed by atoms with Gasteiger partial charge in [0.25, 0.3) is 5.91 Å². The van der Waals surface area contributed by atoms with Crippen LogP contribution in [-0.4, -0.2) is 54.7 Å². The molecule has 0 spiro atoms. The van der Waals surface area contributed by atoms with Crippen molar-refractivity contribution in [3.63, 3.8) is 0 Å². The number of sulfonamides is 1. The summed E-state index contributed by atoms with van der Waals surface area (Å²) in [5.41, 5.74) is 1.34. The molecule has 0 saturated carbocycles. The van der Waals surface area contributed by atoms with Crippen LogP contribution in [0.5, 0.6) is 0 Å². The predicted molar refractivity (Wildman–Crippen MR) is 121 cm³/mol. The molecule has 10 heteroatoms. The van der Waals surface area contributed by atoms with Crippen LogP contribution in [0.4, 0.5) is 5.69 Å². The number of ether oxygens (including phenoxy) is 1. The number of aromatic nitrogens is 2. The highest BCUT2D eigenvalue weighted by molar-refractivity contribution is 7.89. The molecule has 0 bridgehead atoms. The zero-order chi connectivity index (χ0) is 22.2. The van der Waals surface area contributed by atoms with Crippen molar-refractivity contribution in [1.29, 1.82) is 0 Å². The number of morpholine rings is 1. The van der Waals surface area contributed by atoms with Gasteiger partial charge in [-0.05, 0) is 37.1 Å². The largest absolute Gasteiger partial charge is 0.379 e. The average Bonchev–Trinajstić information content (AvgIpc) is 3.30. The summed E-state index contributed by atoms with van der Waals surface area (Å²) >= 11 is 1.39. The molecule has 1 amide bonds. The molecule has 8 nitrogen and oxygen atoms in total. The summed E-state index contributed by atoms with van der Waals surface area (Å²) in [6, 6.07) is 8.22. The first-order valence-electron chi connectivity index (χ1n) is 10.2. The van der Waals surface area contributed by atoms with E-state index in [1.807, 2.05) is 17.7 Å². The number of hydrogen-bond acceptors (Lipinski definition) is 6. The van der Waals surface area contributed by atoms with Crippen LogP contribution in [0.25, 0.3) is 10.2 Å². The van der Waals surface area contributed by atoms with Crippen LogP contribution in [0, 0.1) is 12.8 Å². The zero-order valence-electron chi connectivity index (χ0n) is 17.8. The number of anilines is 1. The molecule has 1 N–H and O–H groups in total. The molecule has 1 saturated heterocycles. The Bertz CT molecular complexity index is 1210. The first-order valence-corrected chi connectivity index (χ1v) is 12.5. The number of rotatable bonds is 6. The highest BCUT2D eigenvalue weighted by Gasteiger charge is 2.26. The molecule has 166 valence electrons. The van der Waals surface area contributed by atoms with Gasteiger partial charge < -0.3 is 10.1 Å². The van der Waals surface area contributed by atoms with Gasteiger partial charge in [-0.25, -0.2) is 8.42 Å². The second-order valence-corrected chi connectivity index (χ2v) is 11.0. The second-order valence-electron chi connectivity index (χ2n) is 7.99. The van der Waals surface area contributed by atoms with Gasteiger partial charge in [-0.15, -0.1) is 11.3 Å². The van der Waals surface area contributed by atoms with Crippen molar-refractivity contribution in [3.05, 3.63) is 40.9 Å². The summed E-state index contributed by atoms with van der Waals surface area (Å²) in [7, 11) is -3.63. The van der Waals surface area contributed by atoms with Crippen LogP contribution in [0.15, 0.2) is 35.2 Å². The highest BCUT2D eigenvalue weighted by Crippen LogP contribution is 2.30. The molecule has 4 rings (SSSR count). The Morgan fingerprint density at radius 1 is 1.26 bits per heavy atom. The minimum atomic E-state index is -3.63. The molecule has 1 fully saturated rings. The van der Waals surface area contributed by atoms with E-state index in [4.69, 9.17) is 4.74 Å². The summed E-state index contributed by atoms with van der Waals surface area (Å²) in [5.74, 6) is 0.177. The average molecular weight is 463 g/mol. The Hall–Kier alpha value is -2.27. The van der Waals surface area contributed by atoms with Crippen LogP contribution in [-0.2, 0) is 21.3 Å². The Kier molecular flexibility index (Phi) is 6.16. The van der Waals surface area contributed by atoms with Crippen molar-refractivity contribution >= 4 is 43.2 Å². The monoisotopic (exact) mass is 462 g/mol. The minimum Gasteiger partial charge on any atom is -0.379 e. The van der Waals surface area contributed by atoms with Crippen molar-refractivity contribution in [3.8, 4) is 0 Å². The van der Waals surface area contributed by atoms with Gasteiger partial charge in [-0.2, -0.15) is 9.40 Å². The number of hydrogen-bond donors (Lipinski definition) is 1. The summed E-state index contributed by atoms with van der Waals surface area (Å²) in [6.07, 6.45) is 0. The number of nitrogens with one attached hydrogen (secondary N) is 1. The van der Waals surface area contributed by atoms with E-state index in [2.05, 4.69) is 24.3 Å². The number of carbonyl (C=O) groups is 1. The molecular formula is C21H26N4O4S2. The molecule has 3 heterocycles. The Morgan fingerprint density at radius 2 is 2.00 bits per heavy atom. The molecule has 3 aromatic rings. The molecule has 1 aromatic carbocycles. The van der Waals surface area contributed by atoms with Crippen LogP contribution >= 0.6 is 11.3 Å². The van der Waals surface area contributed by atoms with E-state index < -0.39 is 10.0 Å². The topological polar surface area (TPSA) is 93.5 Å². The first kappa shape index (κ1) is 21.9. The van der Waals surface area contributed by atoms with Crippen LogP contribution in [0.3, 0.4) is 0 Å². The molecule has 0 unspecified atom stereocenters. The van der Waals surface area contributed by atoms with E-state index in [-0.39, 0.29) is 10.8 Å². The standard InChI is InChI=1S/C21H26N4O4S2/c1-14(2)13-25-21-18(15(3)23-25)12-19(30-21)20(26)22-16-5-4-6-17(11-16)31(27,28)24-7-9-29-10-8-24/h4-6,11-12,14H,7-10,13H2,1-3H3,(H,22,26). The van der Waals surface area contributed by atoms with E-state index in [0.29, 0.717) is 42.8 Å². The number of thiophene rings is 1. The fourth-order valence-corrected chi connectivity index (χ4v) is 6.08. The van der Waals surface area contributed by atoms with Crippen molar-refractivity contribution < 1.29 is 17.9 Å². The summed E-state index contributed by atoms with van der Waals surface area (Å²) in [6.45, 7) is 8.40. The highest BCUT2D eigenvalue weighted by atomic mass is 32.2. The Morgan fingerprint density at radius 3 is 2.71 bits per heavy atom. The lowest BCUT2D eigenvalue weighted by Gasteiger charge is -2.26. The van der Waals surface area contributed by atoms with Crippen molar-refractivity contribution in [2.75, 3.05) is 31.6 Å². The van der Waals surface area contributed by atoms with Gasteiger partial charge >= 0.3 is 0 Å². The van der Waals surface area contributed by atoms with Crippen LogP contribution in [0.2, 0.25) is 0 Å². The number of carbonyl (C=O) groups excluding carboxylic acids is 1. The summed E-state index contributed by atoms with van der Waals surface area (Å²) in [5, 5.41) is 8.38. The van der Waals surface area contributed by atoms with Gasteiger partial charge in [0.05, 0.1) is 28.7 Å². The lowest BCUT2D eigenvalue weighted by molar-refractivity contribution is 0.0730. The van der Waals surface area contributed by atoms with Crippen molar-refractivity contribution in [1.82, 2.24) is 14.1 Å². The van der Waals surface area contributed by atoms with E-state index >= 15 is 0 Å². The molecule has 0 radical (unpaired) electrons. The number of aryl methyl sites for hydroxylation is 1. The second kappa shape index (κ2) is 8.70. The predicted octanol–water partition coefficient (Wildman–Crippen LogP) is 3.34. The fraction of sp³-hybridized carbons (Fsp3) is 0.429. The van der Waals surface area contributed by atoms with Gasteiger partial charge in [0.15, 0.2) is 0 Å². The maximum atomic E-state index is 12.9. The van der Waals surface area contributed by atoms with Gasteiger partial charge in [0, 0.05) is 30.7 Å². The molecule has 1 aliphatic rings. The van der Waals surface area contributed by atoms with Gasteiger partial charge in [-0.1, -0.05) is 19.9 Å². The third kappa shape index (κ3) is 4.52. The third-order valence-electron chi connectivity index (χ3n) is 5.07. The van der Waals surface area contributed by atoms with Crippen molar-refractivity contribution in [2.24, 2.45) is 5.92 Å². The van der Waals surface area contributed by atoms with Crippen molar-refractivity contribution in [2.45, 2.75) is 32.2 Å². The maximum absolute atomic E-state index is 12.9. The number of benzene rings is 1. The van der Waals surface area contributed by atoms with Crippen LogP contribution in [0.1, 0.15) is 29.2 Å². The van der Waals surface area contributed by atoms with E-state index in [1.165, 1.54) is 21.7 Å². The Balaban J connectivity index is 1.56. The van der Waals surface area contributed by atoms with Gasteiger partial charge in [0.2, 0.25) is 10.0 Å². The SMILES string of the molecule is Cc1nn(CC(C)C)c2sc(C(=O)Nc3cccc(S(=O)(=O)N4CCOCC4)c3)cc12. The lowest BCUT2D eigenvalue weighted by atomic mass is 10.2. The zero-order valence-corrected chi connectivity index (χ0v) is 19.4. The first-order chi connectivity index (χ1) is 14.8. The molecule has 0 aliphatic carbocycles. The summed E-state index contributed by atoms with van der Waals surface area (Å²) in [4.78, 5) is 14.6. The van der Waals surface area contributed by atoms with E-state index in [1.54, 1.807) is 18.2 Å². The smallest absolute Gasteiger partial charge is 0.265 e. The van der Waals surface area contributed by atoms with Gasteiger partial charge in [-0.3, -0.25) is 9.48 Å². The lowest BCUT2D eigenvalue weighted by Crippen LogP contribution is -2.40. The number of fused-ring (bicyclic) bond motifs is 1. The maximum Gasteiger partial charge on any atom is 0.265 e. The fourth-order valence-electron chi connectivity index (χ4n) is 3.56. The molecular weight excluding hydrogens is 436 g/mol. The van der Waals surface area contributed by atoms with E-state index in [0.717, 1.165) is 22.5 Å². The number of nitrogens with zero attached hydrogens (tertiary/aromatic N) is 3. The van der Waals surface area contributed by atoms with Crippen LogP contribution < -0.4 is 5.32 Å². The van der Waals surface area contributed by atoms with E-state index in [9.17, 15) is 13.2 Å². The normalized spacial score (nSPS) is 15.6. The van der Waals surface area contributed by atoms with Gasteiger partial charge in [0.1, 0.15) is 4.83 Å². The molecule has 1 aliphatic heterocycles. The molecule has 2 aromatic heterocycles. The third-order valence-corrected chi connectivity index (χ3v) is 8.11. The number of amides is 1. The molecule has 31 heavy (non-hydrogen) atoms. The summed E-state index contributed by atoms with van der Waals surface area (Å²) < 4.78 is 34.4. The Labute approximate surface area is 185 Å². The quantitative estimate of drug-likeness (QED) is 0.606. The molecule has 0 atom stereocenters. The minimum absolute atomic E-state index is 0.159.